The normalized spacial score (nSPS) is 12.3. The molecule has 1 aromatic carbocycles. The molecule has 0 atom stereocenters. The predicted octanol–water partition coefficient (Wildman–Crippen LogP) is 7.05. The first kappa shape index (κ1) is 29.9. The van der Waals surface area contributed by atoms with Crippen molar-refractivity contribution < 1.29 is 20.1 Å². The van der Waals surface area contributed by atoms with Crippen LogP contribution >= 0.6 is 0 Å². The fraction of sp³-hybridized carbons (Fsp3) is 0.793. The van der Waals surface area contributed by atoms with Gasteiger partial charge in [-0.15, -0.1) is 0 Å². The van der Waals surface area contributed by atoms with Crippen molar-refractivity contribution >= 4 is 0 Å². The Hall–Kier alpha value is -1.10. The van der Waals surface area contributed by atoms with Crippen LogP contribution in [0.2, 0.25) is 0 Å². The Morgan fingerprint density at radius 1 is 0.576 bits per heavy atom. The van der Waals surface area contributed by atoms with Gasteiger partial charge in [0.05, 0.1) is 25.2 Å². The molecule has 0 fully saturated rings. The van der Waals surface area contributed by atoms with Gasteiger partial charge in [-0.25, -0.2) is 0 Å². The van der Waals surface area contributed by atoms with Crippen LogP contribution in [-0.4, -0.2) is 40.7 Å². The molecule has 0 heterocycles. The number of ether oxygens (including phenoxy) is 1. The van der Waals surface area contributed by atoms with Crippen LogP contribution in [0.3, 0.4) is 0 Å². The largest absolute Gasteiger partial charge is 0.486 e. The number of rotatable bonds is 22. The first-order valence-corrected chi connectivity index (χ1v) is 13.7. The summed E-state index contributed by atoms with van der Waals surface area (Å²) in [7, 11) is 0. The molecule has 4 heteroatoms. The van der Waals surface area contributed by atoms with Gasteiger partial charge in [-0.05, 0) is 37.8 Å². The maximum absolute atomic E-state index is 10.4. The van der Waals surface area contributed by atoms with Crippen LogP contribution in [0.5, 0.6) is 5.75 Å². The highest BCUT2D eigenvalue weighted by Crippen LogP contribution is 2.43. The van der Waals surface area contributed by atoms with Gasteiger partial charge >= 0.3 is 0 Å². The van der Waals surface area contributed by atoms with E-state index in [9.17, 15) is 15.3 Å². The van der Waals surface area contributed by atoms with Crippen molar-refractivity contribution in [3.63, 3.8) is 0 Å². The van der Waals surface area contributed by atoms with Gasteiger partial charge in [-0.1, -0.05) is 109 Å². The predicted molar refractivity (Wildman–Crippen MR) is 139 cm³/mol. The van der Waals surface area contributed by atoms with E-state index < -0.39 is 11.0 Å². The molecule has 0 radical (unpaired) electrons. The zero-order valence-electron chi connectivity index (χ0n) is 21.6. The van der Waals surface area contributed by atoms with Gasteiger partial charge in [0, 0.05) is 0 Å². The van der Waals surface area contributed by atoms with Crippen molar-refractivity contribution in [1.82, 2.24) is 0 Å². The fourth-order valence-electron chi connectivity index (χ4n) is 4.90. The number of para-hydroxylation sites is 1. The Morgan fingerprint density at radius 2 is 0.970 bits per heavy atom. The third-order valence-corrected chi connectivity index (χ3v) is 7.30. The highest BCUT2D eigenvalue weighted by Gasteiger charge is 2.52. The lowest BCUT2D eigenvalue weighted by molar-refractivity contribution is -0.147. The van der Waals surface area contributed by atoms with Crippen LogP contribution in [0.4, 0.5) is 0 Å². The molecular formula is C29H52O4. The van der Waals surface area contributed by atoms with E-state index in [0.717, 1.165) is 44.3 Å². The topological polar surface area (TPSA) is 69.9 Å². The third-order valence-electron chi connectivity index (χ3n) is 7.30. The molecule has 0 aromatic heterocycles. The van der Waals surface area contributed by atoms with E-state index in [1.54, 1.807) is 0 Å². The van der Waals surface area contributed by atoms with E-state index in [4.69, 9.17) is 4.74 Å². The lowest BCUT2D eigenvalue weighted by atomic mass is 9.67. The molecule has 1 aromatic rings. The highest BCUT2D eigenvalue weighted by atomic mass is 16.5. The second-order valence-electron chi connectivity index (χ2n) is 9.91. The minimum atomic E-state index is -1.08. The number of aliphatic hydroxyl groups excluding tert-OH is 3. The standard InChI is InChI=1S/C29H52O4/c1-3-5-7-9-11-13-18-22-29(28(24-30,25-31)26-32,33-27-20-16-15-17-21-27)23-19-14-12-10-8-6-4-2/h15-17,20-21,30-32H,3-14,18-19,22-26H2,1-2H3. The highest BCUT2D eigenvalue weighted by molar-refractivity contribution is 5.23. The molecule has 0 amide bonds. The fourth-order valence-corrected chi connectivity index (χ4v) is 4.90. The summed E-state index contributed by atoms with van der Waals surface area (Å²) in [6, 6.07) is 9.71. The van der Waals surface area contributed by atoms with Crippen LogP contribution < -0.4 is 4.74 Å². The summed E-state index contributed by atoms with van der Waals surface area (Å²) < 4.78 is 6.65. The summed E-state index contributed by atoms with van der Waals surface area (Å²) in [5.41, 5.74) is -1.87. The van der Waals surface area contributed by atoms with E-state index in [0.29, 0.717) is 0 Å². The molecule has 192 valence electrons. The van der Waals surface area contributed by atoms with Gasteiger partial charge in [0.25, 0.3) is 0 Å². The molecule has 0 aliphatic rings. The molecule has 0 saturated heterocycles. The van der Waals surface area contributed by atoms with Crippen LogP contribution in [0.1, 0.15) is 117 Å². The van der Waals surface area contributed by atoms with Crippen LogP contribution in [0.15, 0.2) is 30.3 Å². The average molecular weight is 465 g/mol. The van der Waals surface area contributed by atoms with Crippen molar-refractivity contribution in [2.24, 2.45) is 5.41 Å². The molecule has 0 aliphatic heterocycles. The second kappa shape index (κ2) is 18.3. The van der Waals surface area contributed by atoms with E-state index in [1.807, 2.05) is 30.3 Å². The molecule has 4 nitrogen and oxygen atoms in total. The summed E-state index contributed by atoms with van der Waals surface area (Å²) in [6.45, 7) is 3.59. The number of hydrogen-bond acceptors (Lipinski definition) is 4. The zero-order valence-corrected chi connectivity index (χ0v) is 21.6. The Bertz CT molecular complexity index is 530. The Morgan fingerprint density at radius 3 is 1.36 bits per heavy atom. The summed E-state index contributed by atoms with van der Waals surface area (Å²) in [4.78, 5) is 0. The first-order chi connectivity index (χ1) is 16.1. The van der Waals surface area contributed by atoms with Gasteiger partial charge in [-0.3, -0.25) is 0 Å². The molecule has 33 heavy (non-hydrogen) atoms. The summed E-state index contributed by atoms with van der Waals surface area (Å²) in [5, 5.41) is 31.2. The SMILES string of the molecule is CCCCCCCCCC(CCCCCCCCC)(Oc1ccccc1)C(CO)(CO)CO. The van der Waals surface area contributed by atoms with Gasteiger partial charge in [0.1, 0.15) is 11.4 Å². The molecular weight excluding hydrogens is 412 g/mol. The maximum Gasteiger partial charge on any atom is 0.121 e. The quantitative estimate of drug-likeness (QED) is 0.161. The summed E-state index contributed by atoms with van der Waals surface area (Å²) in [5.74, 6) is 0.739. The Labute approximate surface area is 203 Å². The summed E-state index contributed by atoms with van der Waals surface area (Å²) in [6.07, 6.45) is 18.2. The zero-order chi connectivity index (χ0) is 24.3. The maximum atomic E-state index is 10.4. The molecule has 0 spiro atoms. The second-order valence-corrected chi connectivity index (χ2v) is 9.91. The Balaban J connectivity index is 2.95. The van der Waals surface area contributed by atoms with Gasteiger partial charge in [0.15, 0.2) is 0 Å². The third kappa shape index (κ3) is 10.4. The van der Waals surface area contributed by atoms with Gasteiger partial charge in [0.2, 0.25) is 0 Å². The molecule has 0 aliphatic carbocycles. The van der Waals surface area contributed by atoms with Gasteiger partial charge in [-0.2, -0.15) is 0 Å². The molecule has 0 bridgehead atoms. The van der Waals surface area contributed by atoms with Crippen molar-refractivity contribution in [1.29, 1.82) is 0 Å². The van der Waals surface area contributed by atoms with Crippen molar-refractivity contribution in [2.75, 3.05) is 19.8 Å². The first-order valence-electron chi connectivity index (χ1n) is 13.7. The minimum Gasteiger partial charge on any atom is -0.486 e. The van der Waals surface area contributed by atoms with Crippen LogP contribution in [0.25, 0.3) is 0 Å². The molecule has 1 rings (SSSR count). The molecule has 3 N–H and O–H groups in total. The van der Waals surface area contributed by atoms with Gasteiger partial charge < -0.3 is 20.1 Å². The molecule has 0 unspecified atom stereocenters. The van der Waals surface area contributed by atoms with Crippen molar-refractivity contribution in [3.8, 4) is 5.75 Å². The summed E-state index contributed by atoms with van der Waals surface area (Å²) >= 11 is 0. The number of aliphatic hydroxyl groups is 3. The van der Waals surface area contributed by atoms with E-state index in [2.05, 4.69) is 13.8 Å². The number of unbranched alkanes of at least 4 members (excludes halogenated alkanes) is 12. The van der Waals surface area contributed by atoms with Crippen LogP contribution in [0, 0.1) is 5.41 Å². The van der Waals surface area contributed by atoms with E-state index >= 15 is 0 Å². The van der Waals surface area contributed by atoms with Crippen molar-refractivity contribution in [2.45, 2.75) is 122 Å². The van der Waals surface area contributed by atoms with E-state index in [1.165, 1.54) is 64.2 Å². The monoisotopic (exact) mass is 464 g/mol. The Kier molecular flexibility index (Phi) is 16.6. The lowest BCUT2D eigenvalue weighted by Crippen LogP contribution is -2.59. The van der Waals surface area contributed by atoms with Crippen LogP contribution in [-0.2, 0) is 0 Å². The van der Waals surface area contributed by atoms with Crippen molar-refractivity contribution in [3.05, 3.63) is 30.3 Å². The average Bonchev–Trinajstić information content (AvgIpc) is 2.85. The van der Waals surface area contributed by atoms with E-state index in [-0.39, 0.29) is 19.8 Å². The smallest absolute Gasteiger partial charge is 0.121 e. The lowest BCUT2D eigenvalue weighted by Gasteiger charge is -2.48. The minimum absolute atomic E-state index is 0.292. The number of hydrogen-bond donors (Lipinski definition) is 3. The number of benzene rings is 1. The molecule has 0 saturated carbocycles.